The van der Waals surface area contributed by atoms with Gasteiger partial charge in [-0.15, -0.1) is 5.10 Å². The maximum Gasteiger partial charge on any atom is 0.189 e. The van der Waals surface area contributed by atoms with Crippen molar-refractivity contribution in [1.82, 2.24) is 15.0 Å². The van der Waals surface area contributed by atoms with Crippen molar-refractivity contribution in [2.75, 3.05) is 0 Å². The molecule has 24 heavy (non-hydrogen) atoms. The Labute approximate surface area is 142 Å². The lowest BCUT2D eigenvalue weighted by molar-refractivity contribution is 0.0576. The van der Waals surface area contributed by atoms with Gasteiger partial charge in [-0.05, 0) is 30.3 Å². The van der Waals surface area contributed by atoms with Gasteiger partial charge in [0.1, 0.15) is 19.3 Å². The second kappa shape index (κ2) is 5.60. The normalized spacial score (nSPS) is 22.6. The van der Waals surface area contributed by atoms with Gasteiger partial charge >= 0.3 is 0 Å². The number of hydrogen-bond donors (Lipinski definition) is 0. The summed E-state index contributed by atoms with van der Waals surface area (Å²) in [6, 6.07) is 19.2. The lowest BCUT2D eigenvalue weighted by Crippen LogP contribution is -2.60. The zero-order valence-corrected chi connectivity index (χ0v) is 15.0. The Morgan fingerprint density at radius 2 is 1.75 bits per heavy atom. The van der Waals surface area contributed by atoms with Crippen LogP contribution in [0.5, 0.6) is 5.75 Å². The number of fused-ring (bicyclic) bond motifs is 1. The van der Waals surface area contributed by atoms with E-state index in [4.69, 9.17) is 4.74 Å². The SMILES string of the molecule is C[Si]1(C)CC=CCC1(Oc1ccccc1)n1nnc2ccccc21. The van der Waals surface area contributed by atoms with Crippen molar-refractivity contribution in [3.8, 4) is 5.75 Å². The van der Waals surface area contributed by atoms with Gasteiger partial charge in [-0.1, -0.05) is 60.8 Å². The van der Waals surface area contributed by atoms with E-state index in [0.29, 0.717) is 0 Å². The number of ether oxygens (including phenoxy) is 1. The highest BCUT2D eigenvalue weighted by Crippen LogP contribution is 2.41. The number of para-hydroxylation sites is 2. The quantitative estimate of drug-likeness (QED) is 0.527. The van der Waals surface area contributed by atoms with Crippen LogP contribution in [0.4, 0.5) is 0 Å². The molecule has 0 saturated carbocycles. The molecule has 1 aromatic heterocycles. The summed E-state index contributed by atoms with van der Waals surface area (Å²) >= 11 is 0. The zero-order valence-electron chi connectivity index (χ0n) is 14.0. The molecule has 1 aliphatic heterocycles. The van der Waals surface area contributed by atoms with Crippen LogP contribution in [0.2, 0.25) is 19.1 Å². The van der Waals surface area contributed by atoms with Crippen molar-refractivity contribution in [2.45, 2.75) is 30.9 Å². The minimum atomic E-state index is -1.82. The maximum absolute atomic E-state index is 6.68. The Morgan fingerprint density at radius 3 is 2.54 bits per heavy atom. The molecule has 2 heterocycles. The van der Waals surface area contributed by atoms with Gasteiger partial charge in [0.05, 0.1) is 5.52 Å². The molecule has 0 saturated heterocycles. The summed E-state index contributed by atoms with van der Waals surface area (Å²) in [5, 5.41) is 8.43. The summed E-state index contributed by atoms with van der Waals surface area (Å²) in [6.07, 6.45) is 5.32. The Bertz CT molecular complexity index is 888. The molecule has 2 aromatic carbocycles. The first kappa shape index (κ1) is 15.1. The fraction of sp³-hybridized carbons (Fsp3) is 0.263. The molecule has 0 fully saturated rings. The van der Waals surface area contributed by atoms with Crippen LogP contribution in [0, 0.1) is 0 Å². The molecular formula is C19H21N3OSi. The van der Waals surface area contributed by atoms with Crippen molar-refractivity contribution in [2.24, 2.45) is 0 Å². The highest BCUT2D eigenvalue weighted by atomic mass is 28.3. The minimum absolute atomic E-state index is 0.473. The van der Waals surface area contributed by atoms with Crippen LogP contribution in [0.15, 0.2) is 66.7 Å². The molecule has 0 amide bonds. The third-order valence-electron chi connectivity index (χ3n) is 4.97. The van der Waals surface area contributed by atoms with Crippen molar-refractivity contribution in [3.05, 3.63) is 66.7 Å². The molecule has 0 spiro atoms. The van der Waals surface area contributed by atoms with Crippen LogP contribution >= 0.6 is 0 Å². The van der Waals surface area contributed by atoms with Crippen molar-refractivity contribution >= 4 is 19.1 Å². The average molecular weight is 335 g/mol. The van der Waals surface area contributed by atoms with Crippen LogP contribution < -0.4 is 4.74 Å². The molecule has 0 bridgehead atoms. The predicted molar refractivity (Wildman–Crippen MR) is 98.6 cm³/mol. The smallest absolute Gasteiger partial charge is 0.189 e. The number of rotatable bonds is 3. The van der Waals surface area contributed by atoms with Gasteiger partial charge < -0.3 is 4.74 Å². The third kappa shape index (κ3) is 2.27. The first-order valence-electron chi connectivity index (χ1n) is 8.32. The molecule has 0 aliphatic carbocycles. The summed E-state index contributed by atoms with van der Waals surface area (Å²) in [4.78, 5) is 0. The topological polar surface area (TPSA) is 39.9 Å². The number of benzene rings is 2. The highest BCUT2D eigenvalue weighted by molar-refractivity contribution is 6.79. The van der Waals surface area contributed by atoms with Crippen LogP contribution in [-0.4, -0.2) is 23.1 Å². The summed E-state index contributed by atoms with van der Waals surface area (Å²) in [7, 11) is -1.82. The van der Waals surface area contributed by atoms with E-state index in [1.165, 1.54) is 0 Å². The summed E-state index contributed by atoms with van der Waals surface area (Å²) in [6.45, 7) is 4.74. The van der Waals surface area contributed by atoms with Gasteiger partial charge in [-0.2, -0.15) is 0 Å². The first-order valence-corrected chi connectivity index (χ1v) is 11.5. The van der Waals surface area contributed by atoms with E-state index >= 15 is 0 Å². The number of aromatic nitrogens is 3. The fourth-order valence-corrected chi connectivity index (χ4v) is 6.35. The van der Waals surface area contributed by atoms with Gasteiger partial charge in [0.25, 0.3) is 0 Å². The highest BCUT2D eigenvalue weighted by Gasteiger charge is 2.52. The van der Waals surface area contributed by atoms with E-state index in [-0.39, 0.29) is 0 Å². The zero-order chi connectivity index (χ0) is 16.6. The number of allylic oxidation sites excluding steroid dienone is 1. The molecule has 5 heteroatoms. The lowest BCUT2D eigenvalue weighted by Gasteiger charge is -2.46. The predicted octanol–water partition coefficient (Wildman–Crippen LogP) is 4.37. The third-order valence-corrected chi connectivity index (χ3v) is 8.86. The van der Waals surface area contributed by atoms with Gasteiger partial charge in [-0.3, -0.25) is 0 Å². The molecule has 1 unspecified atom stereocenters. The van der Waals surface area contributed by atoms with Crippen molar-refractivity contribution < 1.29 is 4.74 Å². The monoisotopic (exact) mass is 335 g/mol. The van der Waals surface area contributed by atoms with Crippen molar-refractivity contribution in [1.29, 1.82) is 0 Å². The molecule has 0 radical (unpaired) electrons. The molecule has 1 aliphatic rings. The summed E-state index contributed by atoms with van der Waals surface area (Å²) in [5.41, 5.74) is 1.94. The lowest BCUT2D eigenvalue weighted by atomic mass is 10.2. The number of hydrogen-bond acceptors (Lipinski definition) is 3. The van der Waals surface area contributed by atoms with E-state index < -0.39 is 13.4 Å². The standard InChI is InChI=1S/C19H21N3OSi/c1-24(2)15-9-8-14-19(24,23-16-10-4-3-5-11-16)22-18-13-7-6-12-17(18)20-21-22/h3-13H,14-15H2,1-2H3. The molecule has 1 atom stereocenters. The summed E-state index contributed by atoms with van der Waals surface area (Å²) < 4.78 is 8.71. The molecule has 3 aromatic rings. The maximum atomic E-state index is 6.68. The average Bonchev–Trinajstić information content (AvgIpc) is 3.02. The van der Waals surface area contributed by atoms with E-state index in [1.807, 2.05) is 53.2 Å². The number of nitrogens with zero attached hydrogens (tertiary/aromatic N) is 3. The molecular weight excluding hydrogens is 314 g/mol. The molecule has 4 rings (SSSR count). The Hall–Kier alpha value is -2.40. The van der Waals surface area contributed by atoms with E-state index in [1.54, 1.807) is 0 Å². The second-order valence-corrected chi connectivity index (χ2v) is 11.9. The van der Waals surface area contributed by atoms with E-state index in [2.05, 4.69) is 41.6 Å². The van der Waals surface area contributed by atoms with E-state index in [9.17, 15) is 0 Å². The summed E-state index contributed by atoms with van der Waals surface area (Å²) in [5.74, 6) is 0.882. The van der Waals surface area contributed by atoms with Gasteiger partial charge in [0.15, 0.2) is 5.35 Å². The van der Waals surface area contributed by atoms with E-state index in [0.717, 1.165) is 29.2 Å². The molecule has 122 valence electrons. The van der Waals surface area contributed by atoms with Gasteiger partial charge in [-0.25, -0.2) is 4.68 Å². The fourth-order valence-electron chi connectivity index (χ4n) is 3.47. The minimum Gasteiger partial charge on any atom is -0.470 e. The van der Waals surface area contributed by atoms with Crippen LogP contribution in [-0.2, 0) is 5.35 Å². The van der Waals surface area contributed by atoms with Gasteiger partial charge in [0, 0.05) is 6.42 Å². The van der Waals surface area contributed by atoms with Crippen molar-refractivity contribution in [3.63, 3.8) is 0 Å². The van der Waals surface area contributed by atoms with Crippen LogP contribution in [0.3, 0.4) is 0 Å². The molecule has 4 nitrogen and oxygen atoms in total. The molecule has 0 N–H and O–H groups in total. The Balaban J connectivity index is 1.92. The Kier molecular flexibility index (Phi) is 3.53. The second-order valence-electron chi connectivity index (χ2n) is 6.95. The van der Waals surface area contributed by atoms with Crippen LogP contribution in [0.1, 0.15) is 6.42 Å². The first-order chi connectivity index (χ1) is 11.6. The Morgan fingerprint density at radius 1 is 1.00 bits per heavy atom. The van der Waals surface area contributed by atoms with Gasteiger partial charge in [0.2, 0.25) is 0 Å². The largest absolute Gasteiger partial charge is 0.470 e. The van der Waals surface area contributed by atoms with Crippen LogP contribution in [0.25, 0.3) is 11.0 Å².